The standard InChI is InChI=1S/C16H26N2O/c1-3-12-18(13-4-2)14-16(19)17-11-10-15-8-6-5-7-9-15/h3-4,8H,1-2,5-7,9-14H2,(H,17,19). The Morgan fingerprint density at radius 3 is 2.63 bits per heavy atom. The number of carbonyl (C=O) groups is 1. The van der Waals surface area contributed by atoms with E-state index in [0.29, 0.717) is 19.6 Å². The van der Waals surface area contributed by atoms with Gasteiger partial charge in [0.2, 0.25) is 5.91 Å². The molecule has 0 aromatic carbocycles. The fourth-order valence-corrected chi connectivity index (χ4v) is 2.32. The molecule has 106 valence electrons. The van der Waals surface area contributed by atoms with Crippen molar-refractivity contribution >= 4 is 5.91 Å². The van der Waals surface area contributed by atoms with Crippen LogP contribution in [0.1, 0.15) is 32.1 Å². The lowest BCUT2D eigenvalue weighted by molar-refractivity contribution is -0.121. The summed E-state index contributed by atoms with van der Waals surface area (Å²) >= 11 is 0. The second kappa shape index (κ2) is 9.56. The summed E-state index contributed by atoms with van der Waals surface area (Å²) in [5, 5.41) is 2.99. The highest BCUT2D eigenvalue weighted by Gasteiger charge is 2.08. The molecule has 0 aromatic heterocycles. The average Bonchev–Trinajstić information content (AvgIpc) is 2.40. The maximum atomic E-state index is 11.8. The number of nitrogens with zero attached hydrogens (tertiary/aromatic N) is 1. The van der Waals surface area contributed by atoms with Gasteiger partial charge in [-0.2, -0.15) is 0 Å². The van der Waals surface area contributed by atoms with Gasteiger partial charge in [-0.3, -0.25) is 9.69 Å². The van der Waals surface area contributed by atoms with Gasteiger partial charge < -0.3 is 5.32 Å². The summed E-state index contributed by atoms with van der Waals surface area (Å²) in [5.74, 6) is 0.0834. The summed E-state index contributed by atoms with van der Waals surface area (Å²) in [7, 11) is 0. The highest BCUT2D eigenvalue weighted by atomic mass is 16.2. The van der Waals surface area contributed by atoms with Crippen molar-refractivity contribution in [2.45, 2.75) is 32.1 Å². The van der Waals surface area contributed by atoms with Crippen LogP contribution in [0.2, 0.25) is 0 Å². The predicted molar refractivity (Wildman–Crippen MR) is 81.0 cm³/mol. The van der Waals surface area contributed by atoms with Gasteiger partial charge in [-0.1, -0.05) is 23.8 Å². The summed E-state index contributed by atoms with van der Waals surface area (Å²) in [6.07, 6.45) is 12.0. The summed E-state index contributed by atoms with van der Waals surface area (Å²) < 4.78 is 0. The Bertz CT molecular complexity index is 324. The normalized spacial score (nSPS) is 14.9. The second-order valence-electron chi connectivity index (χ2n) is 4.98. The van der Waals surface area contributed by atoms with Crippen molar-refractivity contribution < 1.29 is 4.79 Å². The predicted octanol–water partition coefficient (Wildman–Crippen LogP) is 2.67. The van der Waals surface area contributed by atoms with E-state index in [0.717, 1.165) is 13.0 Å². The van der Waals surface area contributed by atoms with Gasteiger partial charge in [0.05, 0.1) is 6.54 Å². The Kier molecular flexibility index (Phi) is 7.91. The Morgan fingerprint density at radius 2 is 2.05 bits per heavy atom. The van der Waals surface area contributed by atoms with Gasteiger partial charge in [-0.05, 0) is 32.1 Å². The first kappa shape index (κ1) is 15.7. The molecule has 0 fully saturated rings. The van der Waals surface area contributed by atoms with Crippen molar-refractivity contribution in [1.29, 1.82) is 0 Å². The van der Waals surface area contributed by atoms with Crippen LogP contribution in [0.3, 0.4) is 0 Å². The third-order valence-electron chi connectivity index (χ3n) is 3.30. The monoisotopic (exact) mass is 262 g/mol. The van der Waals surface area contributed by atoms with Crippen LogP contribution in [0.5, 0.6) is 0 Å². The molecule has 1 amide bonds. The van der Waals surface area contributed by atoms with Crippen molar-refractivity contribution in [2.75, 3.05) is 26.2 Å². The molecule has 3 nitrogen and oxygen atoms in total. The molecule has 1 N–H and O–H groups in total. The van der Waals surface area contributed by atoms with Gasteiger partial charge >= 0.3 is 0 Å². The first-order chi connectivity index (χ1) is 9.26. The van der Waals surface area contributed by atoms with Crippen LogP contribution in [-0.2, 0) is 4.79 Å². The molecule has 0 radical (unpaired) electrons. The van der Waals surface area contributed by atoms with E-state index in [1.165, 1.54) is 31.3 Å². The zero-order valence-corrected chi connectivity index (χ0v) is 11.9. The fraction of sp³-hybridized carbons (Fsp3) is 0.562. The van der Waals surface area contributed by atoms with Crippen LogP contribution in [0, 0.1) is 0 Å². The number of carbonyl (C=O) groups excluding carboxylic acids is 1. The first-order valence-electron chi connectivity index (χ1n) is 7.15. The van der Waals surface area contributed by atoms with Crippen LogP contribution in [0.25, 0.3) is 0 Å². The lowest BCUT2D eigenvalue weighted by atomic mass is 9.97. The largest absolute Gasteiger partial charge is 0.355 e. The van der Waals surface area contributed by atoms with Crippen molar-refractivity contribution in [1.82, 2.24) is 10.2 Å². The molecule has 1 aliphatic carbocycles. The number of hydrogen-bond donors (Lipinski definition) is 1. The van der Waals surface area contributed by atoms with Gasteiger partial charge in [0.15, 0.2) is 0 Å². The Morgan fingerprint density at radius 1 is 1.32 bits per heavy atom. The maximum Gasteiger partial charge on any atom is 0.234 e. The summed E-state index contributed by atoms with van der Waals surface area (Å²) in [6, 6.07) is 0. The summed E-state index contributed by atoms with van der Waals surface area (Å²) in [5.41, 5.74) is 1.50. The number of rotatable bonds is 9. The molecule has 0 aromatic rings. The molecule has 1 rings (SSSR count). The summed E-state index contributed by atoms with van der Waals surface area (Å²) in [4.78, 5) is 13.8. The maximum absolute atomic E-state index is 11.8. The van der Waals surface area contributed by atoms with E-state index < -0.39 is 0 Å². The fourth-order valence-electron chi connectivity index (χ4n) is 2.32. The topological polar surface area (TPSA) is 32.3 Å². The molecular formula is C16H26N2O. The molecule has 0 unspecified atom stereocenters. The van der Waals surface area contributed by atoms with E-state index in [4.69, 9.17) is 0 Å². The molecule has 1 aliphatic rings. The van der Waals surface area contributed by atoms with Crippen LogP contribution in [0.15, 0.2) is 37.0 Å². The molecule has 3 heteroatoms. The highest BCUT2D eigenvalue weighted by Crippen LogP contribution is 2.19. The van der Waals surface area contributed by atoms with E-state index in [9.17, 15) is 4.79 Å². The van der Waals surface area contributed by atoms with E-state index in [1.807, 2.05) is 17.1 Å². The first-order valence-corrected chi connectivity index (χ1v) is 7.15. The molecule has 0 bridgehead atoms. The average molecular weight is 262 g/mol. The molecule has 0 spiro atoms. The lowest BCUT2D eigenvalue weighted by Crippen LogP contribution is -2.37. The van der Waals surface area contributed by atoms with Crippen molar-refractivity contribution in [2.24, 2.45) is 0 Å². The van der Waals surface area contributed by atoms with Crippen LogP contribution < -0.4 is 5.32 Å². The van der Waals surface area contributed by atoms with Crippen LogP contribution >= 0.6 is 0 Å². The van der Waals surface area contributed by atoms with Crippen LogP contribution in [0.4, 0.5) is 0 Å². The van der Waals surface area contributed by atoms with Gasteiger partial charge in [0.1, 0.15) is 0 Å². The molecule has 0 atom stereocenters. The minimum absolute atomic E-state index is 0.0834. The molecule has 0 aliphatic heterocycles. The highest BCUT2D eigenvalue weighted by molar-refractivity contribution is 5.78. The molecule has 0 saturated carbocycles. The SMILES string of the molecule is C=CCN(CC=C)CC(=O)NCCC1=CCCCC1. The Labute approximate surface area is 117 Å². The molecule has 0 heterocycles. The zero-order valence-electron chi connectivity index (χ0n) is 11.9. The van der Waals surface area contributed by atoms with Gasteiger partial charge in [0, 0.05) is 19.6 Å². The van der Waals surface area contributed by atoms with Crippen molar-refractivity contribution in [3.8, 4) is 0 Å². The molecular weight excluding hydrogens is 236 g/mol. The van der Waals surface area contributed by atoms with E-state index in [1.54, 1.807) is 0 Å². The van der Waals surface area contributed by atoms with E-state index in [-0.39, 0.29) is 5.91 Å². The minimum Gasteiger partial charge on any atom is -0.355 e. The molecule has 19 heavy (non-hydrogen) atoms. The number of hydrogen-bond acceptors (Lipinski definition) is 2. The third-order valence-corrected chi connectivity index (χ3v) is 3.30. The summed E-state index contributed by atoms with van der Waals surface area (Å²) in [6.45, 7) is 9.99. The van der Waals surface area contributed by atoms with Crippen LogP contribution in [-0.4, -0.2) is 37.0 Å². The lowest BCUT2D eigenvalue weighted by Gasteiger charge is -2.18. The van der Waals surface area contributed by atoms with Gasteiger partial charge in [-0.15, -0.1) is 13.2 Å². The van der Waals surface area contributed by atoms with E-state index >= 15 is 0 Å². The quantitative estimate of drug-likeness (QED) is 0.648. The number of nitrogens with one attached hydrogen (secondary N) is 1. The second-order valence-corrected chi connectivity index (χ2v) is 4.98. The minimum atomic E-state index is 0.0834. The van der Waals surface area contributed by atoms with Gasteiger partial charge in [-0.25, -0.2) is 0 Å². The van der Waals surface area contributed by atoms with Crippen molar-refractivity contribution in [3.63, 3.8) is 0 Å². The van der Waals surface area contributed by atoms with Gasteiger partial charge in [0.25, 0.3) is 0 Å². The Hall–Kier alpha value is -1.35. The smallest absolute Gasteiger partial charge is 0.234 e. The van der Waals surface area contributed by atoms with Crippen molar-refractivity contribution in [3.05, 3.63) is 37.0 Å². The third kappa shape index (κ3) is 6.97. The Balaban J connectivity index is 2.20. The zero-order chi connectivity index (χ0) is 13.9. The number of amides is 1. The van der Waals surface area contributed by atoms with E-state index in [2.05, 4.69) is 24.6 Å². The molecule has 0 saturated heterocycles. The number of allylic oxidation sites excluding steroid dienone is 1.